The highest BCUT2D eigenvalue weighted by Gasteiger charge is 2.49. The Bertz CT molecular complexity index is 1030. The average Bonchev–Trinajstić information content (AvgIpc) is 3.38. The van der Waals surface area contributed by atoms with Crippen molar-refractivity contribution in [1.82, 2.24) is 15.1 Å². The van der Waals surface area contributed by atoms with Gasteiger partial charge < -0.3 is 10.1 Å². The molecular weight excluding hydrogens is 420 g/mol. The third kappa shape index (κ3) is 3.92. The summed E-state index contributed by atoms with van der Waals surface area (Å²) in [6.07, 6.45) is 4.00. The van der Waals surface area contributed by atoms with E-state index in [9.17, 15) is 14.4 Å². The first-order valence-electron chi connectivity index (χ1n) is 10.5. The fourth-order valence-corrected chi connectivity index (χ4v) is 4.50. The van der Waals surface area contributed by atoms with Gasteiger partial charge in [-0.15, -0.1) is 0 Å². The molecule has 2 amide bonds. The van der Waals surface area contributed by atoms with E-state index < -0.39 is 17.4 Å². The maximum Gasteiger partial charge on any atom is 0.358 e. The minimum Gasteiger partial charge on any atom is -0.461 e. The number of nitrogens with zero attached hydrogens (tertiary/aromatic N) is 3. The van der Waals surface area contributed by atoms with Crippen LogP contribution in [-0.2, 0) is 16.1 Å². The Labute approximate surface area is 185 Å². The molecule has 0 saturated heterocycles. The van der Waals surface area contributed by atoms with Crippen LogP contribution in [0.5, 0.6) is 0 Å². The second-order valence-electron chi connectivity index (χ2n) is 8.14. The van der Waals surface area contributed by atoms with E-state index in [1.165, 1.54) is 15.6 Å². The van der Waals surface area contributed by atoms with Crippen LogP contribution in [0.15, 0.2) is 30.3 Å². The topological polar surface area (TPSA) is 93.5 Å². The van der Waals surface area contributed by atoms with Crippen LogP contribution in [0.2, 0.25) is 5.02 Å². The molecule has 1 unspecified atom stereocenters. The van der Waals surface area contributed by atoms with E-state index in [0.717, 1.165) is 25.7 Å². The van der Waals surface area contributed by atoms with Gasteiger partial charge in [0.1, 0.15) is 11.2 Å². The molecule has 1 aromatic carbocycles. The smallest absolute Gasteiger partial charge is 0.358 e. The van der Waals surface area contributed by atoms with Gasteiger partial charge in [-0.2, -0.15) is 5.10 Å². The number of hydrogen-bond acceptors (Lipinski definition) is 5. The Morgan fingerprint density at radius 2 is 2.03 bits per heavy atom. The zero-order valence-electron chi connectivity index (χ0n) is 17.6. The van der Waals surface area contributed by atoms with Crippen LogP contribution in [0.25, 0.3) is 0 Å². The molecular formula is C22H25ClN4O4. The number of anilines is 1. The molecule has 1 aromatic heterocycles. The number of rotatable bonds is 5. The number of benzene rings is 1. The van der Waals surface area contributed by atoms with E-state index in [0.29, 0.717) is 10.7 Å². The van der Waals surface area contributed by atoms with Crippen molar-refractivity contribution in [1.29, 1.82) is 0 Å². The molecule has 0 radical (unpaired) electrons. The van der Waals surface area contributed by atoms with Crippen LogP contribution in [0.1, 0.15) is 60.5 Å². The summed E-state index contributed by atoms with van der Waals surface area (Å²) in [5.41, 5.74) is -0.493. The third-order valence-electron chi connectivity index (χ3n) is 5.88. The summed E-state index contributed by atoms with van der Waals surface area (Å²) in [6.45, 7) is 3.71. The number of nitrogens with one attached hydrogen (secondary N) is 1. The average molecular weight is 445 g/mol. The quantitative estimate of drug-likeness (QED) is 0.715. The highest BCUT2D eigenvalue weighted by atomic mass is 35.5. The summed E-state index contributed by atoms with van der Waals surface area (Å²) < 4.78 is 6.44. The van der Waals surface area contributed by atoms with Gasteiger partial charge in [-0.05, 0) is 44.9 Å². The Kier molecular flexibility index (Phi) is 5.75. The minimum atomic E-state index is -1.25. The fraction of sp³-hybridized carbons (Fsp3) is 0.455. The third-order valence-corrected chi connectivity index (χ3v) is 6.12. The van der Waals surface area contributed by atoms with Crippen LogP contribution >= 0.6 is 11.6 Å². The van der Waals surface area contributed by atoms with Gasteiger partial charge in [0.15, 0.2) is 5.69 Å². The molecule has 0 spiro atoms. The van der Waals surface area contributed by atoms with Crippen LogP contribution in [0.4, 0.5) is 5.69 Å². The molecule has 1 N–H and O–H groups in total. The lowest BCUT2D eigenvalue weighted by atomic mass is 9.93. The normalized spacial score (nSPS) is 21.1. The monoisotopic (exact) mass is 444 g/mol. The van der Waals surface area contributed by atoms with E-state index in [1.807, 2.05) is 0 Å². The van der Waals surface area contributed by atoms with Crippen LogP contribution < -0.4 is 10.2 Å². The second kappa shape index (κ2) is 8.34. The van der Waals surface area contributed by atoms with Crippen molar-refractivity contribution in [2.24, 2.45) is 0 Å². The van der Waals surface area contributed by atoms with Crippen molar-refractivity contribution >= 4 is 35.1 Å². The summed E-state index contributed by atoms with van der Waals surface area (Å²) in [5.74, 6) is -1.30. The number of amides is 2. The van der Waals surface area contributed by atoms with Crippen molar-refractivity contribution in [2.75, 3.05) is 11.5 Å². The number of halogens is 1. The number of carbonyl (C=O) groups excluding carboxylic acids is 3. The van der Waals surface area contributed by atoms with Crippen molar-refractivity contribution in [3.63, 3.8) is 0 Å². The molecule has 0 bridgehead atoms. The SMILES string of the molecule is CCOC(=O)c1cc2n(n1)CC(C)(C(=O)NC1CCCC1)N(c1cccc(Cl)c1)C2=O. The largest absolute Gasteiger partial charge is 0.461 e. The molecule has 2 aliphatic rings. The molecule has 8 nitrogen and oxygen atoms in total. The number of fused-ring (bicyclic) bond motifs is 1. The van der Waals surface area contributed by atoms with Gasteiger partial charge in [0.2, 0.25) is 5.91 Å². The van der Waals surface area contributed by atoms with E-state index in [1.54, 1.807) is 38.1 Å². The predicted octanol–water partition coefficient (Wildman–Crippen LogP) is 3.19. The first kappa shape index (κ1) is 21.4. The molecule has 9 heteroatoms. The lowest BCUT2D eigenvalue weighted by Crippen LogP contribution is -2.65. The molecule has 31 heavy (non-hydrogen) atoms. The highest BCUT2D eigenvalue weighted by Crippen LogP contribution is 2.34. The Hall–Kier alpha value is -2.87. The van der Waals surface area contributed by atoms with Crippen LogP contribution in [0.3, 0.4) is 0 Å². The summed E-state index contributed by atoms with van der Waals surface area (Å²) in [4.78, 5) is 40.7. The predicted molar refractivity (Wildman–Crippen MR) is 115 cm³/mol. The van der Waals surface area contributed by atoms with Gasteiger partial charge in [-0.25, -0.2) is 4.79 Å². The lowest BCUT2D eigenvalue weighted by molar-refractivity contribution is -0.127. The Balaban J connectivity index is 1.76. The minimum absolute atomic E-state index is 0.0386. The first-order chi connectivity index (χ1) is 14.8. The molecule has 164 valence electrons. The number of carbonyl (C=O) groups is 3. The zero-order valence-corrected chi connectivity index (χ0v) is 18.3. The number of ether oxygens (including phenoxy) is 1. The van der Waals surface area contributed by atoms with Gasteiger partial charge in [0.05, 0.1) is 13.2 Å². The lowest BCUT2D eigenvalue weighted by Gasteiger charge is -2.43. The molecule has 2 aromatic rings. The van der Waals surface area contributed by atoms with Crippen LogP contribution in [-0.4, -0.2) is 45.8 Å². The summed E-state index contributed by atoms with van der Waals surface area (Å²) in [7, 11) is 0. The van der Waals surface area contributed by atoms with Gasteiger partial charge in [-0.3, -0.25) is 19.2 Å². The molecule has 1 fully saturated rings. The first-order valence-corrected chi connectivity index (χ1v) is 10.9. The van der Waals surface area contributed by atoms with Crippen LogP contribution in [0, 0.1) is 0 Å². The zero-order chi connectivity index (χ0) is 22.2. The number of hydrogen-bond donors (Lipinski definition) is 1. The summed E-state index contributed by atoms with van der Waals surface area (Å²) in [5, 5.41) is 7.82. The maximum absolute atomic E-state index is 13.6. The van der Waals surface area contributed by atoms with Gasteiger partial charge >= 0.3 is 5.97 Å². The van der Waals surface area contributed by atoms with Crippen molar-refractivity contribution in [2.45, 2.75) is 57.7 Å². The maximum atomic E-state index is 13.6. The Morgan fingerprint density at radius 1 is 1.29 bits per heavy atom. The molecule has 1 atom stereocenters. The summed E-state index contributed by atoms with van der Waals surface area (Å²) >= 11 is 6.19. The van der Waals surface area contributed by atoms with Gasteiger partial charge in [0.25, 0.3) is 5.91 Å². The molecule has 2 heterocycles. The van der Waals surface area contributed by atoms with E-state index in [2.05, 4.69) is 10.4 Å². The standard InChI is InChI=1S/C22H25ClN4O4/c1-3-31-20(29)17-12-18-19(28)27(16-10-6-7-14(23)11-16)22(2,13-26(18)25-17)21(30)24-15-8-4-5-9-15/h6-7,10-12,15H,3-5,8-9,13H2,1-2H3,(H,24,30). The number of aromatic nitrogens is 2. The molecule has 1 aliphatic heterocycles. The molecule has 1 aliphatic carbocycles. The second-order valence-corrected chi connectivity index (χ2v) is 8.58. The van der Waals surface area contributed by atoms with Crippen molar-refractivity contribution < 1.29 is 19.1 Å². The number of esters is 1. The summed E-state index contributed by atoms with van der Waals surface area (Å²) in [6, 6.07) is 8.33. The van der Waals surface area contributed by atoms with Crippen molar-refractivity contribution in [3.05, 3.63) is 46.7 Å². The van der Waals surface area contributed by atoms with Gasteiger partial charge in [-0.1, -0.05) is 30.5 Å². The van der Waals surface area contributed by atoms with Gasteiger partial charge in [0, 0.05) is 22.8 Å². The van der Waals surface area contributed by atoms with E-state index in [4.69, 9.17) is 16.3 Å². The fourth-order valence-electron chi connectivity index (χ4n) is 4.32. The molecule has 1 saturated carbocycles. The van der Waals surface area contributed by atoms with Crippen molar-refractivity contribution in [3.8, 4) is 0 Å². The highest BCUT2D eigenvalue weighted by molar-refractivity contribution is 6.31. The van der Waals surface area contributed by atoms with E-state index in [-0.39, 0.29) is 36.5 Å². The Morgan fingerprint density at radius 3 is 2.71 bits per heavy atom. The van der Waals surface area contributed by atoms with E-state index >= 15 is 0 Å². The molecule has 4 rings (SSSR count).